The molecule has 4 nitrogen and oxygen atoms in total. The minimum absolute atomic E-state index is 0.117. The topological polar surface area (TPSA) is 36.4 Å². The highest BCUT2D eigenvalue weighted by Gasteiger charge is 2.26. The maximum Gasteiger partial charge on any atom is 0.257 e. The van der Waals surface area contributed by atoms with Gasteiger partial charge in [-0.15, -0.1) is 11.3 Å². The van der Waals surface area contributed by atoms with Crippen LogP contribution in [-0.4, -0.2) is 35.4 Å². The van der Waals surface area contributed by atoms with Crippen LogP contribution in [-0.2, 0) is 13.0 Å². The fraction of sp³-hybridized carbons (Fsp3) is 0.412. The Labute approximate surface area is 134 Å². The van der Waals surface area contributed by atoms with Crippen molar-refractivity contribution < 1.29 is 4.79 Å². The molecule has 2 aliphatic heterocycles. The van der Waals surface area contributed by atoms with Crippen LogP contribution in [0.5, 0.6) is 0 Å². The predicted octanol–water partition coefficient (Wildman–Crippen LogP) is 2.94. The second-order valence-corrected chi connectivity index (χ2v) is 6.92. The van der Waals surface area contributed by atoms with Crippen LogP contribution in [0.2, 0.25) is 0 Å². The van der Waals surface area contributed by atoms with Gasteiger partial charge < -0.3 is 9.80 Å². The summed E-state index contributed by atoms with van der Waals surface area (Å²) in [6.45, 7) is 3.55. The molecule has 1 fully saturated rings. The highest BCUT2D eigenvalue weighted by atomic mass is 32.1. The van der Waals surface area contributed by atoms with Crippen LogP contribution in [0.25, 0.3) is 0 Å². The van der Waals surface area contributed by atoms with Gasteiger partial charge in [-0.1, -0.05) is 0 Å². The van der Waals surface area contributed by atoms with E-state index in [4.69, 9.17) is 0 Å². The van der Waals surface area contributed by atoms with Crippen LogP contribution >= 0.6 is 11.3 Å². The fourth-order valence-corrected chi connectivity index (χ4v) is 4.23. The zero-order valence-electron chi connectivity index (χ0n) is 12.5. The lowest BCUT2D eigenvalue weighted by atomic mass is 10.1. The highest BCUT2D eigenvalue weighted by molar-refractivity contribution is 7.10. The number of pyridine rings is 1. The van der Waals surface area contributed by atoms with Gasteiger partial charge >= 0.3 is 0 Å². The first-order valence-corrected chi connectivity index (χ1v) is 8.75. The third kappa shape index (κ3) is 2.39. The number of anilines is 1. The molecule has 2 aliphatic rings. The van der Waals surface area contributed by atoms with Gasteiger partial charge in [0.15, 0.2) is 0 Å². The van der Waals surface area contributed by atoms with Gasteiger partial charge in [0.2, 0.25) is 0 Å². The van der Waals surface area contributed by atoms with Gasteiger partial charge in [-0.05, 0) is 48.4 Å². The van der Waals surface area contributed by atoms with Crippen molar-refractivity contribution in [1.82, 2.24) is 9.88 Å². The minimum atomic E-state index is 0.117. The molecule has 0 saturated carbocycles. The summed E-state index contributed by atoms with van der Waals surface area (Å²) >= 11 is 1.80. The maximum atomic E-state index is 13.0. The molecule has 0 aromatic carbocycles. The smallest absolute Gasteiger partial charge is 0.257 e. The summed E-state index contributed by atoms with van der Waals surface area (Å²) in [5.74, 6) is 0.980. The van der Waals surface area contributed by atoms with Crippen LogP contribution in [0.4, 0.5) is 5.82 Å². The molecule has 0 unspecified atom stereocenters. The van der Waals surface area contributed by atoms with Crippen molar-refractivity contribution in [3.05, 3.63) is 45.8 Å². The number of nitrogens with zero attached hydrogens (tertiary/aromatic N) is 3. The zero-order valence-corrected chi connectivity index (χ0v) is 13.3. The number of carbonyl (C=O) groups is 1. The largest absolute Gasteiger partial charge is 0.356 e. The Morgan fingerprint density at radius 1 is 1.18 bits per heavy atom. The lowest BCUT2D eigenvalue weighted by Gasteiger charge is -2.28. The lowest BCUT2D eigenvalue weighted by molar-refractivity contribution is 0.0736. The number of hydrogen-bond donors (Lipinski definition) is 0. The number of aromatic nitrogens is 1. The van der Waals surface area contributed by atoms with Gasteiger partial charge in [0.05, 0.1) is 5.56 Å². The van der Waals surface area contributed by atoms with Crippen molar-refractivity contribution in [2.45, 2.75) is 25.8 Å². The number of amides is 1. The van der Waals surface area contributed by atoms with Crippen molar-refractivity contribution in [1.29, 1.82) is 0 Å². The quantitative estimate of drug-likeness (QED) is 0.855. The Balaban J connectivity index is 1.61. The van der Waals surface area contributed by atoms with Gasteiger partial charge in [0.25, 0.3) is 5.91 Å². The Hall–Kier alpha value is -1.88. The number of hydrogen-bond acceptors (Lipinski definition) is 4. The second kappa shape index (κ2) is 5.72. The molecule has 1 saturated heterocycles. The lowest BCUT2D eigenvalue weighted by Crippen LogP contribution is -2.36. The van der Waals surface area contributed by atoms with E-state index in [1.807, 2.05) is 17.0 Å². The molecule has 114 valence electrons. The Kier molecular flexibility index (Phi) is 3.58. The molecular weight excluding hydrogens is 294 g/mol. The molecule has 5 heteroatoms. The average Bonchev–Trinajstić information content (AvgIpc) is 3.24. The van der Waals surface area contributed by atoms with Gasteiger partial charge in [0, 0.05) is 37.3 Å². The van der Waals surface area contributed by atoms with Crippen molar-refractivity contribution in [2.24, 2.45) is 0 Å². The summed E-state index contributed by atoms with van der Waals surface area (Å²) in [4.78, 5) is 23.1. The standard InChI is InChI=1S/C17H19N3OS/c21-17(20-10-5-15-13(12-20)6-11-22-15)14-4-3-7-18-16(14)19-8-1-2-9-19/h3-4,6-7,11H,1-2,5,8-10,12H2. The predicted molar refractivity (Wildman–Crippen MR) is 88.4 cm³/mol. The van der Waals surface area contributed by atoms with Gasteiger partial charge in [-0.25, -0.2) is 4.98 Å². The molecule has 22 heavy (non-hydrogen) atoms. The SMILES string of the molecule is O=C(c1cccnc1N1CCCC1)N1CCc2sccc2C1. The van der Waals surface area contributed by atoms with Gasteiger partial charge in [0.1, 0.15) is 5.82 Å². The summed E-state index contributed by atoms with van der Waals surface area (Å²) in [7, 11) is 0. The summed E-state index contributed by atoms with van der Waals surface area (Å²) in [6.07, 6.45) is 5.13. The fourth-order valence-electron chi connectivity index (χ4n) is 3.34. The molecule has 0 atom stereocenters. The first-order valence-electron chi connectivity index (χ1n) is 7.87. The van der Waals surface area contributed by atoms with Crippen molar-refractivity contribution in [3.8, 4) is 0 Å². The molecule has 0 aliphatic carbocycles. The number of carbonyl (C=O) groups excluding carboxylic acids is 1. The number of fused-ring (bicyclic) bond motifs is 1. The van der Waals surface area contributed by atoms with Gasteiger partial charge in [-0.3, -0.25) is 4.79 Å². The monoisotopic (exact) mass is 313 g/mol. The van der Waals surface area contributed by atoms with E-state index in [-0.39, 0.29) is 5.91 Å². The van der Waals surface area contributed by atoms with Crippen LogP contribution in [0.3, 0.4) is 0 Å². The van der Waals surface area contributed by atoms with Crippen LogP contribution in [0.1, 0.15) is 33.6 Å². The van der Waals surface area contributed by atoms with E-state index in [0.717, 1.165) is 44.0 Å². The van der Waals surface area contributed by atoms with E-state index in [1.165, 1.54) is 23.3 Å². The van der Waals surface area contributed by atoms with Crippen LogP contribution < -0.4 is 4.90 Å². The Morgan fingerprint density at radius 3 is 2.91 bits per heavy atom. The minimum Gasteiger partial charge on any atom is -0.356 e. The van der Waals surface area contributed by atoms with Crippen molar-refractivity contribution in [2.75, 3.05) is 24.5 Å². The molecular formula is C17H19N3OS. The zero-order chi connectivity index (χ0) is 14.9. The molecule has 0 N–H and O–H groups in total. The molecule has 4 heterocycles. The molecule has 2 aromatic heterocycles. The third-order valence-corrected chi connectivity index (χ3v) is 5.54. The van der Waals surface area contributed by atoms with E-state index < -0.39 is 0 Å². The van der Waals surface area contributed by atoms with Crippen molar-refractivity contribution >= 4 is 23.1 Å². The van der Waals surface area contributed by atoms with Crippen LogP contribution in [0.15, 0.2) is 29.8 Å². The second-order valence-electron chi connectivity index (χ2n) is 5.91. The normalized spacial score (nSPS) is 17.6. The Bertz CT molecular complexity index is 691. The number of thiophene rings is 1. The van der Waals surface area contributed by atoms with Crippen LogP contribution in [0, 0.1) is 0 Å². The highest BCUT2D eigenvalue weighted by Crippen LogP contribution is 2.28. The Morgan fingerprint density at radius 2 is 2.05 bits per heavy atom. The summed E-state index contributed by atoms with van der Waals surface area (Å²) in [5, 5.41) is 2.12. The molecule has 2 aromatic rings. The summed E-state index contributed by atoms with van der Waals surface area (Å²) in [5.41, 5.74) is 2.05. The molecule has 0 spiro atoms. The van der Waals surface area contributed by atoms with E-state index in [9.17, 15) is 4.79 Å². The molecule has 4 rings (SSSR count). The maximum absolute atomic E-state index is 13.0. The average molecular weight is 313 g/mol. The van der Waals surface area contributed by atoms with E-state index >= 15 is 0 Å². The van der Waals surface area contributed by atoms with E-state index in [1.54, 1.807) is 17.5 Å². The number of rotatable bonds is 2. The summed E-state index contributed by atoms with van der Waals surface area (Å²) in [6, 6.07) is 5.93. The molecule has 1 amide bonds. The van der Waals surface area contributed by atoms with Crippen molar-refractivity contribution in [3.63, 3.8) is 0 Å². The first kappa shape index (κ1) is 13.8. The first-order chi connectivity index (χ1) is 10.8. The molecule has 0 bridgehead atoms. The van der Waals surface area contributed by atoms with E-state index in [2.05, 4.69) is 21.3 Å². The summed E-state index contributed by atoms with van der Waals surface area (Å²) < 4.78 is 0. The van der Waals surface area contributed by atoms with Gasteiger partial charge in [-0.2, -0.15) is 0 Å². The third-order valence-electron chi connectivity index (χ3n) is 4.52. The molecule has 0 radical (unpaired) electrons. The van der Waals surface area contributed by atoms with E-state index in [0.29, 0.717) is 0 Å².